The number of aromatic nitrogens is 4. The van der Waals surface area contributed by atoms with Crippen LogP contribution in [0.3, 0.4) is 0 Å². The highest BCUT2D eigenvalue weighted by Gasteiger charge is 2.38. The summed E-state index contributed by atoms with van der Waals surface area (Å²) in [4.78, 5) is 21.3. The Balaban J connectivity index is 1.59. The van der Waals surface area contributed by atoms with Crippen molar-refractivity contribution in [1.82, 2.24) is 25.1 Å². The Labute approximate surface area is 163 Å². The molecule has 3 aromatic rings. The third-order valence-electron chi connectivity index (χ3n) is 5.49. The maximum atomic E-state index is 13.0. The summed E-state index contributed by atoms with van der Waals surface area (Å²) in [6.07, 6.45) is 8.93. The van der Waals surface area contributed by atoms with Crippen LogP contribution in [0.1, 0.15) is 41.6 Å². The lowest BCUT2D eigenvalue weighted by molar-refractivity contribution is 0.0942. The number of hydrogen-bond donors (Lipinski definition) is 1. The molecular formula is C21H23N5O2. The van der Waals surface area contributed by atoms with E-state index in [1.54, 1.807) is 25.4 Å². The molecule has 2 heterocycles. The normalized spacial score (nSPS) is 15.3. The van der Waals surface area contributed by atoms with Crippen LogP contribution in [0.2, 0.25) is 0 Å². The zero-order valence-corrected chi connectivity index (χ0v) is 15.8. The van der Waals surface area contributed by atoms with Crippen molar-refractivity contribution in [1.29, 1.82) is 0 Å². The average Bonchev–Trinajstić information content (AvgIpc) is 3.45. The average molecular weight is 377 g/mol. The summed E-state index contributed by atoms with van der Waals surface area (Å²) in [7, 11) is 1.69. The minimum absolute atomic E-state index is 0.113. The molecule has 0 bridgehead atoms. The fourth-order valence-electron chi connectivity index (χ4n) is 4.09. The van der Waals surface area contributed by atoms with Gasteiger partial charge < -0.3 is 10.1 Å². The Kier molecular flexibility index (Phi) is 5.06. The van der Waals surface area contributed by atoms with E-state index in [0.29, 0.717) is 17.9 Å². The summed E-state index contributed by atoms with van der Waals surface area (Å²) in [5.41, 5.74) is 1.52. The Bertz CT molecular complexity index is 949. The van der Waals surface area contributed by atoms with Crippen molar-refractivity contribution in [2.24, 2.45) is 0 Å². The van der Waals surface area contributed by atoms with Gasteiger partial charge in [-0.15, -0.1) is 0 Å². The van der Waals surface area contributed by atoms with Crippen molar-refractivity contribution < 1.29 is 9.53 Å². The first-order valence-electron chi connectivity index (χ1n) is 9.45. The molecule has 28 heavy (non-hydrogen) atoms. The maximum Gasteiger partial charge on any atom is 0.255 e. The molecule has 1 fully saturated rings. The summed E-state index contributed by atoms with van der Waals surface area (Å²) in [6.45, 7) is 0.553. The van der Waals surface area contributed by atoms with E-state index in [1.165, 1.54) is 17.3 Å². The maximum absolute atomic E-state index is 13.0. The van der Waals surface area contributed by atoms with Gasteiger partial charge in [-0.05, 0) is 31.0 Å². The van der Waals surface area contributed by atoms with Crippen LogP contribution in [0.5, 0.6) is 5.75 Å². The molecule has 4 rings (SSSR count). The number of carbonyl (C=O) groups is 1. The van der Waals surface area contributed by atoms with Crippen molar-refractivity contribution in [2.75, 3.05) is 13.7 Å². The van der Waals surface area contributed by atoms with E-state index < -0.39 is 0 Å². The Morgan fingerprint density at radius 3 is 2.79 bits per heavy atom. The van der Waals surface area contributed by atoms with Gasteiger partial charge in [-0.25, -0.2) is 14.6 Å². The van der Waals surface area contributed by atoms with Crippen molar-refractivity contribution in [3.63, 3.8) is 0 Å². The van der Waals surface area contributed by atoms with Gasteiger partial charge in [0, 0.05) is 23.7 Å². The number of nitrogens with zero attached hydrogens (tertiary/aromatic N) is 4. The molecule has 0 spiro atoms. The number of benzene rings is 1. The third-order valence-corrected chi connectivity index (χ3v) is 5.49. The molecular weight excluding hydrogens is 354 g/mol. The second-order valence-electron chi connectivity index (χ2n) is 7.09. The summed E-state index contributed by atoms with van der Waals surface area (Å²) < 4.78 is 7.10. The zero-order chi connectivity index (χ0) is 19.4. The zero-order valence-electron chi connectivity index (χ0n) is 15.8. The summed E-state index contributed by atoms with van der Waals surface area (Å²) in [5.74, 6) is 1.18. The predicted octanol–water partition coefficient (Wildman–Crippen LogP) is 2.91. The molecule has 0 atom stereocenters. The van der Waals surface area contributed by atoms with Gasteiger partial charge in [-0.1, -0.05) is 31.0 Å². The molecule has 0 saturated heterocycles. The lowest BCUT2D eigenvalue weighted by Gasteiger charge is -2.31. The van der Waals surface area contributed by atoms with Crippen LogP contribution in [0.25, 0.3) is 5.82 Å². The third kappa shape index (κ3) is 3.35. The van der Waals surface area contributed by atoms with Gasteiger partial charge in [0.15, 0.2) is 5.82 Å². The number of amides is 1. The molecule has 1 aliphatic rings. The topological polar surface area (TPSA) is 81.9 Å². The smallest absolute Gasteiger partial charge is 0.255 e. The highest BCUT2D eigenvalue weighted by Crippen LogP contribution is 2.44. The van der Waals surface area contributed by atoms with Crippen molar-refractivity contribution in [3.8, 4) is 11.6 Å². The minimum Gasteiger partial charge on any atom is -0.496 e. The molecule has 2 aromatic heterocycles. The standard InChI is InChI=1S/C21H23N5O2/c1-28-18-9-3-2-8-17(18)21(10-4-5-11-21)13-24-20(27)16-7-6-12-23-19(16)26-15-22-14-25-26/h2-3,6-9,12,14-15H,4-5,10-11,13H2,1H3,(H,24,27). The Morgan fingerprint density at radius 2 is 2.04 bits per heavy atom. The molecule has 7 heteroatoms. The van der Waals surface area contributed by atoms with E-state index in [-0.39, 0.29) is 11.3 Å². The van der Waals surface area contributed by atoms with E-state index in [1.807, 2.05) is 18.2 Å². The van der Waals surface area contributed by atoms with Crippen LogP contribution >= 0.6 is 0 Å². The first kappa shape index (κ1) is 18.2. The highest BCUT2D eigenvalue weighted by atomic mass is 16.5. The number of hydrogen-bond acceptors (Lipinski definition) is 5. The first-order chi connectivity index (χ1) is 13.7. The summed E-state index contributed by atoms with van der Waals surface area (Å²) >= 11 is 0. The van der Waals surface area contributed by atoms with Crippen LogP contribution in [-0.4, -0.2) is 39.3 Å². The number of nitrogens with one attached hydrogen (secondary N) is 1. The van der Waals surface area contributed by atoms with E-state index in [0.717, 1.165) is 37.0 Å². The molecule has 144 valence electrons. The number of pyridine rings is 1. The minimum atomic E-state index is -0.167. The van der Waals surface area contributed by atoms with E-state index in [9.17, 15) is 4.79 Å². The molecule has 0 radical (unpaired) electrons. The van der Waals surface area contributed by atoms with Crippen LogP contribution in [0, 0.1) is 0 Å². The van der Waals surface area contributed by atoms with Crippen LogP contribution in [0.4, 0.5) is 0 Å². The Morgan fingerprint density at radius 1 is 1.21 bits per heavy atom. The fraction of sp³-hybridized carbons (Fsp3) is 0.333. The lowest BCUT2D eigenvalue weighted by atomic mass is 9.78. The number of methoxy groups -OCH3 is 1. The van der Waals surface area contributed by atoms with Crippen LogP contribution in [0.15, 0.2) is 55.2 Å². The number of ether oxygens (including phenoxy) is 1. The van der Waals surface area contributed by atoms with Crippen molar-refractivity contribution in [2.45, 2.75) is 31.1 Å². The molecule has 7 nitrogen and oxygen atoms in total. The van der Waals surface area contributed by atoms with Crippen molar-refractivity contribution >= 4 is 5.91 Å². The fourth-order valence-corrected chi connectivity index (χ4v) is 4.09. The number of para-hydroxylation sites is 1. The molecule has 1 saturated carbocycles. The highest BCUT2D eigenvalue weighted by molar-refractivity contribution is 5.97. The van der Waals surface area contributed by atoms with Gasteiger partial charge >= 0.3 is 0 Å². The lowest BCUT2D eigenvalue weighted by Crippen LogP contribution is -2.39. The molecule has 0 aliphatic heterocycles. The van der Waals surface area contributed by atoms with Gasteiger partial charge in [0.2, 0.25) is 0 Å². The molecule has 1 aliphatic carbocycles. The van der Waals surface area contributed by atoms with E-state index in [4.69, 9.17) is 4.74 Å². The van der Waals surface area contributed by atoms with Gasteiger partial charge in [0.1, 0.15) is 18.4 Å². The van der Waals surface area contributed by atoms with E-state index >= 15 is 0 Å². The van der Waals surface area contributed by atoms with Gasteiger partial charge in [-0.3, -0.25) is 4.79 Å². The quantitative estimate of drug-likeness (QED) is 0.714. The molecule has 0 unspecified atom stereocenters. The second kappa shape index (κ2) is 7.80. The van der Waals surface area contributed by atoms with Gasteiger partial charge in [0.25, 0.3) is 5.91 Å². The van der Waals surface area contributed by atoms with E-state index in [2.05, 4.69) is 26.4 Å². The first-order valence-corrected chi connectivity index (χ1v) is 9.45. The summed E-state index contributed by atoms with van der Waals surface area (Å²) in [5, 5.41) is 7.24. The molecule has 1 aromatic carbocycles. The number of rotatable bonds is 6. The second-order valence-corrected chi connectivity index (χ2v) is 7.09. The van der Waals surface area contributed by atoms with Crippen LogP contribution < -0.4 is 10.1 Å². The number of carbonyl (C=O) groups excluding carboxylic acids is 1. The largest absolute Gasteiger partial charge is 0.496 e. The predicted molar refractivity (Wildman–Crippen MR) is 105 cm³/mol. The Hall–Kier alpha value is -3.22. The molecule has 1 amide bonds. The van der Waals surface area contributed by atoms with Gasteiger partial charge in [0.05, 0.1) is 12.7 Å². The van der Waals surface area contributed by atoms with Crippen LogP contribution in [-0.2, 0) is 5.41 Å². The van der Waals surface area contributed by atoms with Gasteiger partial charge in [-0.2, -0.15) is 5.10 Å². The molecule has 1 N–H and O–H groups in total. The summed E-state index contributed by atoms with van der Waals surface area (Å²) in [6, 6.07) is 11.6. The monoisotopic (exact) mass is 377 g/mol. The SMILES string of the molecule is COc1ccccc1C1(CNC(=O)c2cccnc2-n2cncn2)CCCC1. The van der Waals surface area contributed by atoms with Crippen molar-refractivity contribution in [3.05, 3.63) is 66.4 Å².